The SMILES string of the molecule is Cc1ccc(Cl)cc1OCC(=O)N[n+]1ccccc1.[Cl-]. The minimum absolute atomic E-state index is 0. The molecule has 0 unspecified atom stereocenters. The molecule has 1 aromatic carbocycles. The lowest BCUT2D eigenvalue weighted by molar-refractivity contribution is -0.642. The Morgan fingerprint density at radius 1 is 1.30 bits per heavy atom. The molecule has 2 aromatic rings. The molecule has 0 atom stereocenters. The molecule has 106 valence electrons. The van der Waals surface area contributed by atoms with Gasteiger partial charge in [0, 0.05) is 17.2 Å². The molecule has 0 saturated heterocycles. The van der Waals surface area contributed by atoms with Gasteiger partial charge in [-0.15, -0.1) is 5.43 Å². The maximum Gasteiger partial charge on any atom is 0.312 e. The van der Waals surface area contributed by atoms with Crippen LogP contribution in [-0.4, -0.2) is 12.5 Å². The summed E-state index contributed by atoms with van der Waals surface area (Å²) in [6.07, 6.45) is 3.48. The van der Waals surface area contributed by atoms with E-state index in [1.54, 1.807) is 29.2 Å². The second kappa shape index (κ2) is 7.72. The van der Waals surface area contributed by atoms with Crippen LogP contribution in [0.3, 0.4) is 0 Å². The zero-order valence-corrected chi connectivity index (χ0v) is 12.4. The third-order valence-electron chi connectivity index (χ3n) is 2.48. The summed E-state index contributed by atoms with van der Waals surface area (Å²) < 4.78 is 7.01. The molecule has 2 rings (SSSR count). The molecule has 0 aliphatic rings. The molecule has 4 nitrogen and oxygen atoms in total. The number of rotatable bonds is 4. The minimum Gasteiger partial charge on any atom is -1.00 e. The molecule has 0 radical (unpaired) electrons. The van der Waals surface area contributed by atoms with Crippen LogP contribution >= 0.6 is 11.6 Å². The van der Waals surface area contributed by atoms with Crippen LogP contribution < -0.4 is 27.2 Å². The lowest BCUT2D eigenvalue weighted by atomic mass is 10.2. The summed E-state index contributed by atoms with van der Waals surface area (Å²) in [5.74, 6) is 0.372. The number of ether oxygens (including phenoxy) is 1. The quantitative estimate of drug-likeness (QED) is 0.743. The zero-order valence-electron chi connectivity index (χ0n) is 10.8. The van der Waals surface area contributed by atoms with Gasteiger partial charge in [-0.2, -0.15) is 0 Å². The van der Waals surface area contributed by atoms with E-state index < -0.39 is 0 Å². The molecule has 0 aliphatic carbocycles. The van der Waals surface area contributed by atoms with E-state index in [9.17, 15) is 4.79 Å². The third-order valence-corrected chi connectivity index (χ3v) is 2.71. The van der Waals surface area contributed by atoms with E-state index in [4.69, 9.17) is 16.3 Å². The van der Waals surface area contributed by atoms with Gasteiger partial charge in [0.05, 0.1) is 0 Å². The Bertz CT molecular complexity index is 577. The average Bonchev–Trinajstić information content (AvgIpc) is 2.41. The first-order valence-electron chi connectivity index (χ1n) is 5.80. The number of nitrogens with one attached hydrogen (secondary N) is 1. The minimum atomic E-state index is -0.240. The molecule has 1 amide bonds. The van der Waals surface area contributed by atoms with Crippen LogP contribution in [0.5, 0.6) is 5.75 Å². The first kappa shape index (κ1) is 16.3. The molecular weight excluding hydrogens is 299 g/mol. The fourth-order valence-corrected chi connectivity index (χ4v) is 1.68. The molecule has 0 bridgehead atoms. The van der Waals surface area contributed by atoms with Crippen molar-refractivity contribution in [2.24, 2.45) is 0 Å². The van der Waals surface area contributed by atoms with Crippen molar-refractivity contribution in [2.45, 2.75) is 6.92 Å². The summed E-state index contributed by atoms with van der Waals surface area (Å²) in [4.78, 5) is 11.7. The molecule has 0 saturated carbocycles. The number of aryl methyl sites for hydroxylation is 1. The number of benzene rings is 1. The summed E-state index contributed by atoms with van der Waals surface area (Å²) in [5.41, 5.74) is 3.60. The van der Waals surface area contributed by atoms with Gasteiger partial charge in [-0.3, -0.25) is 4.79 Å². The van der Waals surface area contributed by atoms with Crippen LogP contribution in [0.1, 0.15) is 5.56 Å². The molecule has 1 aromatic heterocycles. The van der Waals surface area contributed by atoms with Gasteiger partial charge in [-0.1, -0.05) is 28.4 Å². The largest absolute Gasteiger partial charge is 1.00 e. The molecule has 0 aliphatic heterocycles. The molecule has 6 heteroatoms. The maximum atomic E-state index is 11.7. The molecular formula is C14H14Cl2N2O2. The molecule has 0 spiro atoms. The van der Waals surface area contributed by atoms with Gasteiger partial charge < -0.3 is 17.1 Å². The Balaban J connectivity index is 0.00000200. The van der Waals surface area contributed by atoms with E-state index in [1.165, 1.54) is 0 Å². The van der Waals surface area contributed by atoms with E-state index in [0.717, 1.165) is 5.56 Å². The number of pyridine rings is 1. The number of nitrogens with zero attached hydrogens (tertiary/aromatic N) is 1. The Morgan fingerprint density at radius 3 is 2.70 bits per heavy atom. The van der Waals surface area contributed by atoms with Gasteiger partial charge in [0.25, 0.3) is 0 Å². The van der Waals surface area contributed by atoms with Gasteiger partial charge in [0.15, 0.2) is 19.0 Å². The Morgan fingerprint density at radius 2 is 2.00 bits per heavy atom. The standard InChI is InChI=1S/C14H13ClN2O2.ClH/c1-11-5-6-12(15)9-13(11)19-10-14(18)16-17-7-3-2-4-8-17;/h2-9H,10H2,1H3;1H. The van der Waals surface area contributed by atoms with Crippen LogP contribution in [-0.2, 0) is 4.79 Å². The van der Waals surface area contributed by atoms with Crippen molar-refractivity contribution in [1.29, 1.82) is 0 Å². The van der Waals surface area contributed by atoms with E-state index in [-0.39, 0.29) is 24.9 Å². The van der Waals surface area contributed by atoms with Crippen molar-refractivity contribution in [3.8, 4) is 5.75 Å². The van der Waals surface area contributed by atoms with Crippen molar-refractivity contribution in [2.75, 3.05) is 12.0 Å². The highest BCUT2D eigenvalue weighted by Crippen LogP contribution is 2.22. The predicted molar refractivity (Wildman–Crippen MR) is 72.7 cm³/mol. The number of hydrogen-bond acceptors (Lipinski definition) is 2. The first-order valence-corrected chi connectivity index (χ1v) is 6.18. The van der Waals surface area contributed by atoms with E-state index >= 15 is 0 Å². The Labute approximate surface area is 128 Å². The maximum absolute atomic E-state index is 11.7. The lowest BCUT2D eigenvalue weighted by Crippen LogP contribution is -3.00. The molecule has 20 heavy (non-hydrogen) atoms. The van der Waals surface area contributed by atoms with E-state index in [2.05, 4.69) is 5.43 Å². The highest BCUT2D eigenvalue weighted by molar-refractivity contribution is 6.30. The number of amides is 1. The fraction of sp³-hybridized carbons (Fsp3) is 0.143. The van der Waals surface area contributed by atoms with Gasteiger partial charge >= 0.3 is 5.91 Å². The average molecular weight is 313 g/mol. The monoisotopic (exact) mass is 312 g/mol. The third kappa shape index (κ3) is 4.72. The van der Waals surface area contributed by atoms with Crippen molar-refractivity contribution in [3.05, 3.63) is 59.4 Å². The highest BCUT2D eigenvalue weighted by atomic mass is 35.5. The van der Waals surface area contributed by atoms with E-state index in [0.29, 0.717) is 10.8 Å². The zero-order chi connectivity index (χ0) is 13.7. The van der Waals surface area contributed by atoms with Gasteiger partial charge in [-0.25, -0.2) is 0 Å². The molecule has 0 fully saturated rings. The van der Waals surface area contributed by atoms with Crippen molar-refractivity contribution in [3.63, 3.8) is 0 Å². The highest BCUT2D eigenvalue weighted by Gasteiger charge is 2.09. The van der Waals surface area contributed by atoms with Crippen molar-refractivity contribution < 1.29 is 26.6 Å². The van der Waals surface area contributed by atoms with Gasteiger partial charge in [0.1, 0.15) is 5.75 Å². The summed E-state index contributed by atoms with van der Waals surface area (Å²) in [5, 5.41) is 0.582. The second-order valence-corrected chi connectivity index (χ2v) is 4.45. The topological polar surface area (TPSA) is 42.2 Å². The van der Waals surface area contributed by atoms with Gasteiger partial charge in [-0.05, 0) is 24.6 Å². The Hall–Kier alpha value is -1.78. The van der Waals surface area contributed by atoms with Crippen LogP contribution in [0.15, 0.2) is 48.8 Å². The lowest BCUT2D eigenvalue weighted by Gasteiger charge is -2.08. The second-order valence-electron chi connectivity index (χ2n) is 4.02. The number of carbonyl (C=O) groups is 1. The summed E-state index contributed by atoms with van der Waals surface area (Å²) in [6, 6.07) is 10.8. The number of aromatic nitrogens is 1. The number of carbonyl (C=O) groups excluding carboxylic acids is 1. The molecule has 1 N–H and O–H groups in total. The summed E-state index contributed by atoms with van der Waals surface area (Å²) >= 11 is 5.88. The summed E-state index contributed by atoms with van der Waals surface area (Å²) in [6.45, 7) is 1.83. The van der Waals surface area contributed by atoms with Crippen LogP contribution in [0.4, 0.5) is 0 Å². The first-order chi connectivity index (χ1) is 9.15. The van der Waals surface area contributed by atoms with Gasteiger partial charge in [0.2, 0.25) is 0 Å². The van der Waals surface area contributed by atoms with Crippen molar-refractivity contribution >= 4 is 17.5 Å². The van der Waals surface area contributed by atoms with Crippen LogP contribution in [0, 0.1) is 6.92 Å². The van der Waals surface area contributed by atoms with E-state index in [1.807, 2.05) is 31.2 Å². The predicted octanol–water partition coefficient (Wildman–Crippen LogP) is -0.911. The smallest absolute Gasteiger partial charge is 0.312 e. The Kier molecular flexibility index (Phi) is 6.28. The van der Waals surface area contributed by atoms with Crippen molar-refractivity contribution in [1.82, 2.24) is 0 Å². The normalized spacial score (nSPS) is 9.50. The fourth-order valence-electron chi connectivity index (χ4n) is 1.52. The number of halogens is 2. The summed E-state index contributed by atoms with van der Waals surface area (Å²) in [7, 11) is 0. The van der Waals surface area contributed by atoms with Crippen LogP contribution in [0.25, 0.3) is 0 Å². The number of hydrogen-bond donors (Lipinski definition) is 1. The molecule has 1 heterocycles. The van der Waals surface area contributed by atoms with Crippen LogP contribution in [0.2, 0.25) is 5.02 Å².